The summed E-state index contributed by atoms with van der Waals surface area (Å²) >= 11 is 0. The summed E-state index contributed by atoms with van der Waals surface area (Å²) in [6, 6.07) is 23.5. The molecule has 1 aromatic heterocycles. The van der Waals surface area contributed by atoms with E-state index in [4.69, 9.17) is 0 Å². The lowest BCUT2D eigenvalue weighted by Crippen LogP contribution is -2.48. The second kappa shape index (κ2) is 11.7. The molecular weight excluding hydrogens is 486 g/mol. The number of halogens is 2. The number of piperazine rings is 1. The minimum absolute atomic E-state index is 0.178. The predicted molar refractivity (Wildman–Crippen MR) is 140 cm³/mol. The van der Waals surface area contributed by atoms with E-state index in [9.17, 15) is 13.6 Å². The van der Waals surface area contributed by atoms with Gasteiger partial charge < -0.3 is 4.90 Å². The summed E-state index contributed by atoms with van der Waals surface area (Å²) in [6.45, 7) is 5.98. The monoisotopic (exact) mass is 516 g/mol. The van der Waals surface area contributed by atoms with E-state index in [1.54, 1.807) is 6.92 Å². The summed E-state index contributed by atoms with van der Waals surface area (Å²) < 4.78 is 28.9. The molecule has 1 fully saturated rings. The average molecular weight is 517 g/mol. The average Bonchev–Trinajstić information content (AvgIpc) is 3.42. The fourth-order valence-electron chi connectivity index (χ4n) is 5.09. The Morgan fingerprint density at radius 2 is 1.53 bits per heavy atom. The summed E-state index contributed by atoms with van der Waals surface area (Å²) in [7, 11) is 0. The highest BCUT2D eigenvalue weighted by molar-refractivity contribution is 5.98. The van der Waals surface area contributed by atoms with Gasteiger partial charge in [-0.3, -0.25) is 9.69 Å². The van der Waals surface area contributed by atoms with E-state index < -0.39 is 23.5 Å². The second-order valence-corrected chi connectivity index (χ2v) is 9.56. The van der Waals surface area contributed by atoms with Gasteiger partial charge in [-0.2, -0.15) is 0 Å². The number of aromatic nitrogens is 4. The molecule has 5 rings (SSSR count). The van der Waals surface area contributed by atoms with E-state index in [2.05, 4.69) is 73.9 Å². The van der Waals surface area contributed by atoms with Crippen molar-refractivity contribution in [2.24, 2.45) is 0 Å². The molecule has 1 atom stereocenters. The molecule has 1 saturated heterocycles. The van der Waals surface area contributed by atoms with E-state index in [1.807, 2.05) is 12.1 Å². The lowest BCUT2D eigenvalue weighted by Gasteiger charge is -2.39. The Morgan fingerprint density at radius 1 is 0.895 bits per heavy atom. The van der Waals surface area contributed by atoms with E-state index in [0.717, 1.165) is 44.9 Å². The molecule has 4 aromatic rings. The molecule has 38 heavy (non-hydrogen) atoms. The maximum Gasteiger partial charge on any atom is 0.190 e. The quantitative estimate of drug-likeness (QED) is 0.308. The van der Waals surface area contributed by atoms with Crippen LogP contribution in [0.1, 0.15) is 46.3 Å². The zero-order chi connectivity index (χ0) is 26.5. The Bertz CT molecular complexity index is 1320. The van der Waals surface area contributed by atoms with Crippen molar-refractivity contribution in [3.05, 3.63) is 113 Å². The number of Topliss-reactive ketones (excluding diaryl/α,β-unsaturated/α-hetero) is 1. The standard InChI is InChI=1S/C29H30F2N6O/c1-21(29(38)25-13-12-24(30)20-26(25)31)37-27(32-33-34-37)14-15-35-16-18-36(19-17-35)28(22-8-4-2-5-9-22)23-10-6-3-7-11-23/h2-13,20-21,28H,14-19H2,1H3. The number of tetrazole rings is 1. The van der Waals surface area contributed by atoms with Crippen LogP contribution in [-0.2, 0) is 6.42 Å². The summed E-state index contributed by atoms with van der Waals surface area (Å²) in [4.78, 5) is 17.8. The summed E-state index contributed by atoms with van der Waals surface area (Å²) in [5.41, 5.74) is 2.38. The SMILES string of the molecule is CC(C(=O)c1ccc(F)cc1F)n1nnnc1CCN1CCN(C(c2ccccc2)c2ccccc2)CC1. The summed E-state index contributed by atoms with van der Waals surface area (Å²) in [5, 5.41) is 11.9. The fraction of sp³-hybridized carbons (Fsp3) is 0.310. The molecule has 0 bridgehead atoms. The number of carbonyl (C=O) groups is 1. The van der Waals surface area contributed by atoms with E-state index in [1.165, 1.54) is 15.8 Å². The van der Waals surface area contributed by atoms with Crippen molar-refractivity contribution in [3.63, 3.8) is 0 Å². The Morgan fingerprint density at radius 3 is 2.13 bits per heavy atom. The molecule has 1 unspecified atom stereocenters. The van der Waals surface area contributed by atoms with Crippen molar-refractivity contribution in [2.75, 3.05) is 32.7 Å². The number of rotatable bonds is 9. The molecule has 1 aliphatic rings. The Hall–Kier alpha value is -3.82. The molecule has 0 aliphatic carbocycles. The normalized spacial score (nSPS) is 15.6. The van der Waals surface area contributed by atoms with Crippen molar-refractivity contribution in [1.82, 2.24) is 30.0 Å². The molecule has 0 amide bonds. The van der Waals surface area contributed by atoms with Crippen LogP contribution in [0.3, 0.4) is 0 Å². The van der Waals surface area contributed by atoms with Crippen LogP contribution in [0, 0.1) is 11.6 Å². The molecule has 0 N–H and O–H groups in total. The van der Waals surface area contributed by atoms with Gasteiger partial charge in [0.05, 0.1) is 11.6 Å². The first-order valence-corrected chi connectivity index (χ1v) is 12.8. The van der Waals surface area contributed by atoms with Gasteiger partial charge in [0.25, 0.3) is 0 Å². The van der Waals surface area contributed by atoms with Gasteiger partial charge in [0.1, 0.15) is 17.7 Å². The first kappa shape index (κ1) is 25.8. The van der Waals surface area contributed by atoms with Gasteiger partial charge in [0.15, 0.2) is 11.6 Å². The maximum absolute atomic E-state index is 14.2. The zero-order valence-corrected chi connectivity index (χ0v) is 21.3. The maximum atomic E-state index is 14.2. The first-order chi connectivity index (χ1) is 18.5. The third-order valence-electron chi connectivity index (χ3n) is 7.16. The van der Waals surface area contributed by atoms with Gasteiger partial charge in [-0.25, -0.2) is 13.5 Å². The largest absolute Gasteiger partial charge is 0.300 e. The molecule has 196 valence electrons. The van der Waals surface area contributed by atoms with Crippen molar-refractivity contribution in [2.45, 2.75) is 25.4 Å². The number of hydrogen-bond acceptors (Lipinski definition) is 6. The van der Waals surface area contributed by atoms with Gasteiger partial charge in [-0.1, -0.05) is 60.7 Å². The predicted octanol–water partition coefficient (Wildman–Crippen LogP) is 4.34. The van der Waals surface area contributed by atoms with Crippen LogP contribution in [0.25, 0.3) is 0 Å². The second-order valence-electron chi connectivity index (χ2n) is 9.56. The zero-order valence-electron chi connectivity index (χ0n) is 21.3. The summed E-state index contributed by atoms with van der Waals surface area (Å²) in [6.07, 6.45) is 0.553. The third-order valence-corrected chi connectivity index (χ3v) is 7.16. The Labute approximate surface area is 220 Å². The molecule has 0 spiro atoms. The molecule has 7 nitrogen and oxygen atoms in total. The topological polar surface area (TPSA) is 67.2 Å². The van der Waals surface area contributed by atoms with E-state index in [0.29, 0.717) is 18.3 Å². The fourth-order valence-corrected chi connectivity index (χ4v) is 5.09. The third kappa shape index (κ3) is 5.69. The highest BCUT2D eigenvalue weighted by Gasteiger charge is 2.28. The minimum Gasteiger partial charge on any atom is -0.300 e. The van der Waals surface area contributed by atoms with E-state index in [-0.39, 0.29) is 11.6 Å². The minimum atomic E-state index is -0.890. The number of ketones is 1. The van der Waals surface area contributed by atoms with Crippen LogP contribution >= 0.6 is 0 Å². The number of carbonyl (C=O) groups excluding carboxylic acids is 1. The molecule has 1 aliphatic heterocycles. The Kier molecular flexibility index (Phi) is 7.95. The lowest BCUT2D eigenvalue weighted by molar-refractivity contribution is 0.0918. The van der Waals surface area contributed by atoms with Crippen molar-refractivity contribution in [1.29, 1.82) is 0 Å². The first-order valence-electron chi connectivity index (χ1n) is 12.8. The van der Waals surface area contributed by atoms with Crippen LogP contribution in [-0.4, -0.2) is 68.5 Å². The highest BCUT2D eigenvalue weighted by Crippen LogP contribution is 2.29. The molecule has 0 radical (unpaired) electrons. The lowest BCUT2D eigenvalue weighted by atomic mass is 9.96. The molecule has 9 heteroatoms. The molecule has 2 heterocycles. The van der Waals surface area contributed by atoms with Gasteiger partial charge in [0, 0.05) is 45.2 Å². The van der Waals surface area contributed by atoms with Crippen LogP contribution in [0.15, 0.2) is 78.9 Å². The van der Waals surface area contributed by atoms with Crippen LogP contribution in [0.2, 0.25) is 0 Å². The molecule has 0 saturated carbocycles. The Balaban J connectivity index is 1.21. The number of hydrogen-bond donors (Lipinski definition) is 0. The smallest absolute Gasteiger partial charge is 0.190 e. The van der Waals surface area contributed by atoms with E-state index >= 15 is 0 Å². The van der Waals surface area contributed by atoms with Crippen molar-refractivity contribution >= 4 is 5.78 Å². The molecular formula is C29H30F2N6O. The highest BCUT2D eigenvalue weighted by atomic mass is 19.1. The number of benzene rings is 3. The van der Waals surface area contributed by atoms with Crippen molar-refractivity contribution < 1.29 is 13.6 Å². The van der Waals surface area contributed by atoms with Gasteiger partial charge in [-0.05, 0) is 40.6 Å². The van der Waals surface area contributed by atoms with Crippen molar-refractivity contribution in [3.8, 4) is 0 Å². The number of nitrogens with zero attached hydrogens (tertiary/aromatic N) is 6. The van der Waals surface area contributed by atoms with Gasteiger partial charge in [0.2, 0.25) is 0 Å². The van der Waals surface area contributed by atoms with Gasteiger partial charge >= 0.3 is 0 Å². The molecule has 3 aromatic carbocycles. The van der Waals surface area contributed by atoms with Crippen LogP contribution < -0.4 is 0 Å². The van der Waals surface area contributed by atoms with Crippen LogP contribution in [0.4, 0.5) is 8.78 Å². The van der Waals surface area contributed by atoms with Gasteiger partial charge in [-0.15, -0.1) is 5.10 Å². The van der Waals surface area contributed by atoms with Crippen LogP contribution in [0.5, 0.6) is 0 Å². The summed E-state index contributed by atoms with van der Waals surface area (Å²) in [5.74, 6) is -1.56.